The monoisotopic (exact) mass is 458 g/mol. The number of nitrogens with zero attached hydrogens (tertiary/aromatic N) is 3. The molecule has 1 aromatic heterocycles. The molecule has 0 spiro atoms. The van der Waals surface area contributed by atoms with Gasteiger partial charge in [0, 0.05) is 31.9 Å². The molecule has 1 unspecified atom stereocenters. The highest BCUT2D eigenvalue weighted by Crippen LogP contribution is 2.31. The molecule has 8 heteroatoms. The molecule has 0 saturated carbocycles. The Morgan fingerprint density at radius 1 is 0.933 bits per heavy atom. The van der Waals surface area contributed by atoms with Crippen molar-refractivity contribution in [3.8, 4) is 17.0 Å². The predicted octanol–water partition coefficient (Wildman–Crippen LogP) is 6.31. The van der Waals surface area contributed by atoms with Crippen LogP contribution in [-0.4, -0.2) is 15.0 Å². The molecule has 4 rings (SSSR count). The van der Waals surface area contributed by atoms with Crippen LogP contribution in [0.2, 0.25) is 15.1 Å². The number of hydrogen-bond acceptors (Lipinski definition) is 4. The quantitative estimate of drug-likeness (QED) is 0.343. The Morgan fingerprint density at radius 2 is 1.70 bits per heavy atom. The lowest BCUT2D eigenvalue weighted by molar-refractivity contribution is 0.177. The van der Waals surface area contributed by atoms with Crippen LogP contribution >= 0.6 is 34.8 Å². The van der Waals surface area contributed by atoms with Gasteiger partial charge in [-0.25, -0.2) is 4.68 Å². The van der Waals surface area contributed by atoms with Gasteiger partial charge in [-0.1, -0.05) is 58.2 Å². The Balaban J connectivity index is 1.63. The van der Waals surface area contributed by atoms with Gasteiger partial charge in [-0.3, -0.25) is 0 Å². The molecule has 30 heavy (non-hydrogen) atoms. The highest BCUT2D eigenvalue weighted by Gasteiger charge is 2.19. The van der Waals surface area contributed by atoms with Crippen LogP contribution in [0, 0.1) is 0 Å². The summed E-state index contributed by atoms with van der Waals surface area (Å²) < 4.78 is 7.93. The van der Waals surface area contributed by atoms with Crippen LogP contribution in [0.3, 0.4) is 0 Å². The van der Waals surface area contributed by atoms with Gasteiger partial charge in [0.15, 0.2) is 0 Å². The lowest BCUT2D eigenvalue weighted by Gasteiger charge is -2.21. The minimum Gasteiger partial charge on any atom is -0.484 e. The number of rotatable bonds is 6. The van der Waals surface area contributed by atoms with Crippen molar-refractivity contribution < 1.29 is 4.74 Å². The van der Waals surface area contributed by atoms with Gasteiger partial charge >= 0.3 is 0 Å². The van der Waals surface area contributed by atoms with Crippen molar-refractivity contribution >= 4 is 40.5 Å². The molecule has 0 amide bonds. The van der Waals surface area contributed by atoms with Gasteiger partial charge in [0.2, 0.25) is 0 Å². The summed E-state index contributed by atoms with van der Waals surface area (Å²) in [5.74, 6) is 0.659. The average molecular weight is 460 g/mol. The number of halogens is 3. The molecule has 1 heterocycles. The maximum Gasteiger partial charge on any atom is 0.145 e. The number of ether oxygens (including phenoxy) is 1. The van der Waals surface area contributed by atoms with Gasteiger partial charge in [0.05, 0.1) is 12.7 Å². The molecule has 5 nitrogen and oxygen atoms in total. The molecule has 0 aliphatic heterocycles. The summed E-state index contributed by atoms with van der Waals surface area (Å²) in [4.78, 5) is 0. The fourth-order valence-electron chi connectivity index (χ4n) is 3.03. The maximum absolute atomic E-state index is 6.46. The lowest BCUT2D eigenvalue weighted by atomic mass is 10.1. The fourth-order valence-corrected chi connectivity index (χ4v) is 3.68. The van der Waals surface area contributed by atoms with Gasteiger partial charge in [0.25, 0.3) is 0 Å². The van der Waals surface area contributed by atoms with Crippen LogP contribution in [0.25, 0.3) is 11.3 Å². The van der Waals surface area contributed by atoms with Crippen LogP contribution in [0.5, 0.6) is 5.75 Å². The van der Waals surface area contributed by atoms with Crippen LogP contribution in [0.15, 0.2) is 72.9 Å². The summed E-state index contributed by atoms with van der Waals surface area (Å²) in [5, 5.41) is 10.2. The van der Waals surface area contributed by atoms with Crippen molar-refractivity contribution in [1.29, 1.82) is 0 Å². The standard InChI is InChI=1S/C22H17Cl3N4O/c23-15-4-7-18(8-5-15)30-22(19-9-6-16(24)11-20(19)25)13-29-12-21(27-28-29)14-2-1-3-17(26)10-14/h1-12,22H,13,26H2. The summed E-state index contributed by atoms with van der Waals surface area (Å²) in [6, 6.07) is 20.0. The van der Waals surface area contributed by atoms with E-state index in [1.807, 2.05) is 36.5 Å². The zero-order valence-electron chi connectivity index (χ0n) is 15.7. The molecule has 0 saturated heterocycles. The van der Waals surface area contributed by atoms with Crippen molar-refractivity contribution in [3.63, 3.8) is 0 Å². The van der Waals surface area contributed by atoms with E-state index < -0.39 is 6.10 Å². The Labute approximate surface area is 188 Å². The van der Waals surface area contributed by atoms with E-state index in [1.54, 1.807) is 41.1 Å². The van der Waals surface area contributed by atoms with Crippen molar-refractivity contribution in [3.05, 3.63) is 93.6 Å². The SMILES string of the molecule is Nc1cccc(-c2cn(CC(Oc3ccc(Cl)cc3)c3ccc(Cl)cc3Cl)nn2)c1. The van der Waals surface area contributed by atoms with E-state index >= 15 is 0 Å². The molecule has 152 valence electrons. The Kier molecular flexibility index (Phi) is 6.13. The normalized spacial score (nSPS) is 12.0. The maximum atomic E-state index is 6.46. The van der Waals surface area contributed by atoms with Crippen LogP contribution in [0.4, 0.5) is 5.69 Å². The van der Waals surface area contributed by atoms with Crippen molar-refractivity contribution in [2.75, 3.05) is 5.73 Å². The Morgan fingerprint density at radius 3 is 2.43 bits per heavy atom. The van der Waals surface area contributed by atoms with Crippen molar-refractivity contribution in [1.82, 2.24) is 15.0 Å². The molecule has 0 bridgehead atoms. The van der Waals surface area contributed by atoms with Crippen LogP contribution in [-0.2, 0) is 6.54 Å². The third-order valence-corrected chi connectivity index (χ3v) is 5.29. The van der Waals surface area contributed by atoms with E-state index in [2.05, 4.69) is 10.3 Å². The second-order valence-corrected chi connectivity index (χ2v) is 7.96. The van der Waals surface area contributed by atoms with Crippen molar-refractivity contribution in [2.45, 2.75) is 12.6 Å². The molecular weight excluding hydrogens is 443 g/mol. The third-order valence-electron chi connectivity index (χ3n) is 4.48. The minimum absolute atomic E-state index is 0.388. The van der Waals surface area contributed by atoms with E-state index in [1.165, 1.54) is 0 Å². The number of nitrogen functional groups attached to an aromatic ring is 1. The van der Waals surface area contributed by atoms with Crippen molar-refractivity contribution in [2.24, 2.45) is 0 Å². The molecule has 0 aliphatic carbocycles. The molecule has 0 aliphatic rings. The molecule has 2 N–H and O–H groups in total. The van der Waals surface area contributed by atoms with Crippen LogP contribution < -0.4 is 10.5 Å². The van der Waals surface area contributed by atoms with Gasteiger partial charge in [0.1, 0.15) is 17.5 Å². The first kappa shape index (κ1) is 20.5. The van der Waals surface area contributed by atoms with E-state index in [-0.39, 0.29) is 0 Å². The molecule has 0 fully saturated rings. The number of anilines is 1. The smallest absolute Gasteiger partial charge is 0.145 e. The second kappa shape index (κ2) is 8.96. The summed E-state index contributed by atoms with van der Waals surface area (Å²) >= 11 is 18.5. The van der Waals surface area contributed by atoms with Gasteiger partial charge in [-0.2, -0.15) is 0 Å². The van der Waals surface area contributed by atoms with E-state index in [0.717, 1.165) is 16.8 Å². The summed E-state index contributed by atoms with van der Waals surface area (Å²) in [6.07, 6.45) is 1.42. The predicted molar refractivity (Wildman–Crippen MR) is 121 cm³/mol. The number of aromatic nitrogens is 3. The number of benzene rings is 3. The summed E-state index contributed by atoms with van der Waals surface area (Å²) in [7, 11) is 0. The highest BCUT2D eigenvalue weighted by molar-refractivity contribution is 6.35. The zero-order valence-corrected chi connectivity index (χ0v) is 17.9. The molecular formula is C22H17Cl3N4O. The van der Waals surface area contributed by atoms with E-state index in [4.69, 9.17) is 45.3 Å². The first-order valence-corrected chi connectivity index (χ1v) is 10.2. The highest BCUT2D eigenvalue weighted by atomic mass is 35.5. The number of nitrogens with two attached hydrogens (primary N) is 1. The summed E-state index contributed by atoms with van der Waals surface area (Å²) in [5.41, 5.74) is 8.94. The van der Waals surface area contributed by atoms with Crippen LogP contribution in [0.1, 0.15) is 11.7 Å². The molecule has 3 aromatic carbocycles. The average Bonchev–Trinajstić information content (AvgIpc) is 3.18. The van der Waals surface area contributed by atoms with Gasteiger partial charge in [-0.05, 0) is 48.5 Å². The molecule has 1 atom stereocenters. The first-order valence-electron chi connectivity index (χ1n) is 9.11. The number of hydrogen-bond donors (Lipinski definition) is 1. The first-order chi connectivity index (χ1) is 14.5. The zero-order chi connectivity index (χ0) is 21.1. The molecule has 0 radical (unpaired) electrons. The Hall–Kier alpha value is -2.73. The minimum atomic E-state index is -0.425. The summed E-state index contributed by atoms with van der Waals surface area (Å²) in [6.45, 7) is 0.388. The van der Waals surface area contributed by atoms with Gasteiger partial charge < -0.3 is 10.5 Å². The lowest BCUT2D eigenvalue weighted by Crippen LogP contribution is -2.16. The van der Waals surface area contributed by atoms with E-state index in [0.29, 0.717) is 33.0 Å². The van der Waals surface area contributed by atoms with E-state index in [9.17, 15) is 0 Å². The third kappa shape index (κ3) is 4.87. The second-order valence-electron chi connectivity index (χ2n) is 6.68. The fraction of sp³-hybridized carbons (Fsp3) is 0.0909. The Bertz CT molecular complexity index is 1160. The topological polar surface area (TPSA) is 66.0 Å². The largest absolute Gasteiger partial charge is 0.484 e. The van der Waals surface area contributed by atoms with Gasteiger partial charge in [-0.15, -0.1) is 5.10 Å². The molecule has 4 aromatic rings.